The molecule has 5 heteroatoms. The van der Waals surface area contributed by atoms with Crippen LogP contribution in [0.4, 0.5) is 0 Å². The van der Waals surface area contributed by atoms with E-state index in [1.165, 1.54) is 6.20 Å². The van der Waals surface area contributed by atoms with Crippen molar-refractivity contribution in [2.45, 2.75) is 6.54 Å². The molecule has 4 nitrogen and oxygen atoms in total. The van der Waals surface area contributed by atoms with Crippen molar-refractivity contribution in [3.8, 4) is 11.6 Å². The van der Waals surface area contributed by atoms with Crippen LogP contribution in [0.25, 0.3) is 0 Å². The molecule has 19 heavy (non-hydrogen) atoms. The van der Waals surface area contributed by atoms with E-state index >= 15 is 0 Å². The molecule has 0 spiro atoms. The average Bonchev–Trinajstić information content (AvgIpc) is 2.46. The van der Waals surface area contributed by atoms with E-state index in [1.54, 1.807) is 6.07 Å². The Balaban J connectivity index is 1.80. The number of hydrogen-bond acceptors (Lipinski definition) is 4. The molecule has 0 aliphatic heterocycles. The maximum absolute atomic E-state index is 5.91. The minimum atomic E-state index is 0.359. The first-order valence-electron chi connectivity index (χ1n) is 5.94. The van der Waals surface area contributed by atoms with Gasteiger partial charge >= 0.3 is 0 Å². The Hall–Kier alpha value is -1.78. The smallest absolute Gasteiger partial charge is 0.213 e. The Bertz CT molecular complexity index is 520. The molecule has 0 saturated heterocycles. The molecule has 100 valence electrons. The van der Waals surface area contributed by atoms with Gasteiger partial charge in [-0.2, -0.15) is 0 Å². The molecule has 0 saturated carbocycles. The third-order valence-electron chi connectivity index (χ3n) is 2.47. The lowest BCUT2D eigenvalue weighted by Crippen LogP contribution is -2.10. The highest BCUT2D eigenvalue weighted by molar-refractivity contribution is 6.31. The molecule has 2 N–H and O–H groups in total. The van der Waals surface area contributed by atoms with Gasteiger partial charge in [0.05, 0.1) is 5.02 Å². The Morgan fingerprint density at radius 1 is 1.11 bits per heavy atom. The summed E-state index contributed by atoms with van der Waals surface area (Å²) in [6, 6.07) is 11.3. The lowest BCUT2D eigenvalue weighted by Gasteiger charge is -2.09. The number of halogens is 1. The second-order valence-electron chi connectivity index (χ2n) is 3.83. The summed E-state index contributed by atoms with van der Waals surface area (Å²) in [6.45, 7) is 1.22. The minimum absolute atomic E-state index is 0.359. The first kappa shape index (κ1) is 13.6. The molecule has 0 fully saturated rings. The van der Waals surface area contributed by atoms with Crippen molar-refractivity contribution in [3.05, 3.63) is 53.2 Å². The number of rotatable bonds is 6. The number of nitrogens with zero attached hydrogens (tertiary/aromatic N) is 1. The first-order valence-corrected chi connectivity index (χ1v) is 6.32. The third-order valence-corrected chi connectivity index (χ3v) is 2.82. The topological polar surface area (TPSA) is 57.4 Å². The normalized spacial score (nSPS) is 10.2. The second-order valence-corrected chi connectivity index (χ2v) is 4.24. The van der Waals surface area contributed by atoms with Crippen LogP contribution in [0, 0.1) is 0 Å². The van der Waals surface area contributed by atoms with Gasteiger partial charge in [0.2, 0.25) is 5.88 Å². The minimum Gasteiger partial charge on any atom is -0.490 e. The van der Waals surface area contributed by atoms with Gasteiger partial charge in [0.1, 0.15) is 19.0 Å². The quantitative estimate of drug-likeness (QED) is 0.826. The van der Waals surface area contributed by atoms with Gasteiger partial charge in [0.15, 0.2) is 0 Å². The van der Waals surface area contributed by atoms with Crippen LogP contribution in [0.1, 0.15) is 5.56 Å². The maximum Gasteiger partial charge on any atom is 0.213 e. The van der Waals surface area contributed by atoms with Crippen LogP contribution in [-0.2, 0) is 6.54 Å². The number of pyridine rings is 1. The molecule has 0 radical (unpaired) electrons. The van der Waals surface area contributed by atoms with Gasteiger partial charge in [-0.05, 0) is 17.7 Å². The Labute approximate surface area is 117 Å². The van der Waals surface area contributed by atoms with Crippen LogP contribution in [-0.4, -0.2) is 18.2 Å². The Kier molecular flexibility index (Phi) is 5.01. The van der Waals surface area contributed by atoms with Gasteiger partial charge < -0.3 is 15.2 Å². The Morgan fingerprint density at radius 2 is 1.84 bits per heavy atom. The molecule has 1 heterocycles. The van der Waals surface area contributed by atoms with Crippen molar-refractivity contribution in [3.63, 3.8) is 0 Å². The number of hydrogen-bond donors (Lipinski definition) is 1. The monoisotopic (exact) mass is 278 g/mol. The van der Waals surface area contributed by atoms with E-state index in [1.807, 2.05) is 30.3 Å². The zero-order chi connectivity index (χ0) is 13.5. The highest BCUT2D eigenvalue weighted by Gasteiger charge is 2.02. The number of ether oxygens (including phenoxy) is 2. The van der Waals surface area contributed by atoms with Gasteiger partial charge in [0, 0.05) is 18.8 Å². The fourth-order valence-electron chi connectivity index (χ4n) is 1.52. The summed E-state index contributed by atoms with van der Waals surface area (Å²) in [5.74, 6) is 1.32. The zero-order valence-electron chi connectivity index (χ0n) is 10.4. The summed E-state index contributed by atoms with van der Waals surface area (Å²) in [5.41, 5.74) is 6.37. The second kappa shape index (κ2) is 6.97. The largest absolute Gasteiger partial charge is 0.490 e. The van der Waals surface area contributed by atoms with Gasteiger partial charge in [-0.15, -0.1) is 0 Å². The number of para-hydroxylation sites is 1. The summed E-state index contributed by atoms with van der Waals surface area (Å²) in [4.78, 5) is 4.07. The highest BCUT2D eigenvalue weighted by atomic mass is 35.5. The van der Waals surface area contributed by atoms with Gasteiger partial charge in [-0.1, -0.05) is 29.8 Å². The van der Waals surface area contributed by atoms with Crippen LogP contribution in [0.3, 0.4) is 0 Å². The molecular formula is C14H15ClN2O2. The number of nitrogens with two attached hydrogens (primary N) is 1. The molecule has 0 aliphatic rings. The van der Waals surface area contributed by atoms with Crippen LogP contribution < -0.4 is 15.2 Å². The number of aromatic nitrogens is 1. The van der Waals surface area contributed by atoms with Crippen molar-refractivity contribution in [2.24, 2.45) is 5.73 Å². The van der Waals surface area contributed by atoms with E-state index < -0.39 is 0 Å². The fraction of sp³-hybridized carbons (Fsp3) is 0.214. The van der Waals surface area contributed by atoms with Crippen LogP contribution in [0.5, 0.6) is 11.6 Å². The maximum atomic E-state index is 5.91. The average molecular weight is 279 g/mol. The standard InChI is InChI=1S/C14H15ClN2O2/c15-13-10-17-14(8-11(13)9-16)19-7-6-18-12-4-2-1-3-5-12/h1-5,8,10H,6-7,9,16H2. The molecule has 1 aromatic heterocycles. The van der Waals surface area contributed by atoms with Crippen molar-refractivity contribution in [2.75, 3.05) is 13.2 Å². The lowest BCUT2D eigenvalue weighted by molar-refractivity contribution is 0.212. The first-order chi connectivity index (χ1) is 9.29. The summed E-state index contributed by atoms with van der Waals surface area (Å²) >= 11 is 5.91. The molecule has 1 aromatic carbocycles. The predicted molar refractivity (Wildman–Crippen MR) is 74.6 cm³/mol. The van der Waals surface area contributed by atoms with E-state index in [0.29, 0.717) is 30.7 Å². The van der Waals surface area contributed by atoms with E-state index in [4.69, 9.17) is 26.8 Å². The van der Waals surface area contributed by atoms with Crippen molar-refractivity contribution < 1.29 is 9.47 Å². The van der Waals surface area contributed by atoms with Crippen molar-refractivity contribution in [1.82, 2.24) is 4.98 Å². The van der Waals surface area contributed by atoms with Crippen LogP contribution in [0.2, 0.25) is 5.02 Å². The van der Waals surface area contributed by atoms with Gasteiger partial charge in [-0.25, -0.2) is 4.98 Å². The van der Waals surface area contributed by atoms with E-state index in [-0.39, 0.29) is 0 Å². The molecule has 0 bridgehead atoms. The summed E-state index contributed by atoms with van der Waals surface area (Å²) in [6.07, 6.45) is 1.54. The summed E-state index contributed by atoms with van der Waals surface area (Å²) in [5, 5.41) is 0.551. The SMILES string of the molecule is NCc1cc(OCCOc2ccccc2)ncc1Cl. The van der Waals surface area contributed by atoms with Gasteiger partial charge in [-0.3, -0.25) is 0 Å². The summed E-state index contributed by atoms with van der Waals surface area (Å²) in [7, 11) is 0. The van der Waals surface area contributed by atoms with Crippen molar-refractivity contribution >= 4 is 11.6 Å². The molecule has 0 unspecified atom stereocenters. The van der Waals surface area contributed by atoms with E-state index in [9.17, 15) is 0 Å². The van der Waals surface area contributed by atoms with Gasteiger partial charge in [0.25, 0.3) is 0 Å². The zero-order valence-corrected chi connectivity index (χ0v) is 11.1. The third kappa shape index (κ3) is 4.12. The molecule has 2 aromatic rings. The fourth-order valence-corrected chi connectivity index (χ4v) is 1.70. The Morgan fingerprint density at radius 3 is 2.58 bits per heavy atom. The van der Waals surface area contributed by atoms with Crippen LogP contribution in [0.15, 0.2) is 42.6 Å². The molecular weight excluding hydrogens is 264 g/mol. The summed E-state index contributed by atoms with van der Waals surface area (Å²) < 4.78 is 11.0. The van der Waals surface area contributed by atoms with E-state index in [0.717, 1.165) is 11.3 Å². The van der Waals surface area contributed by atoms with Crippen molar-refractivity contribution in [1.29, 1.82) is 0 Å². The lowest BCUT2D eigenvalue weighted by atomic mass is 10.3. The van der Waals surface area contributed by atoms with E-state index in [2.05, 4.69) is 4.98 Å². The molecule has 0 amide bonds. The molecule has 0 atom stereocenters. The predicted octanol–water partition coefficient (Wildman–Crippen LogP) is 2.65. The molecule has 2 rings (SSSR count). The number of benzene rings is 1. The van der Waals surface area contributed by atoms with Crippen LogP contribution >= 0.6 is 11.6 Å². The highest BCUT2D eigenvalue weighted by Crippen LogP contribution is 2.18. The molecule has 0 aliphatic carbocycles.